The van der Waals surface area contributed by atoms with Crippen molar-refractivity contribution in [2.24, 2.45) is 0 Å². The highest BCUT2D eigenvalue weighted by molar-refractivity contribution is 7.88. The van der Waals surface area contributed by atoms with Crippen molar-refractivity contribution >= 4 is 25.8 Å². The molecular formula is C25H37N3O6S2. The van der Waals surface area contributed by atoms with Crippen LogP contribution in [0.15, 0.2) is 36.4 Å². The van der Waals surface area contributed by atoms with E-state index in [-0.39, 0.29) is 0 Å². The number of nitrogens with zero attached hydrogens (tertiary/aromatic N) is 2. The molecule has 0 aromatic heterocycles. The quantitative estimate of drug-likeness (QED) is 0.492. The van der Waals surface area contributed by atoms with Crippen LogP contribution in [0.25, 0.3) is 0 Å². The van der Waals surface area contributed by atoms with E-state index < -0.39 is 20.1 Å². The number of benzene rings is 2. The number of anilines is 1. The minimum Gasteiger partial charge on any atom is -0.496 e. The van der Waals surface area contributed by atoms with E-state index >= 15 is 0 Å². The van der Waals surface area contributed by atoms with Gasteiger partial charge in [-0.15, -0.1) is 4.83 Å². The average molecular weight is 540 g/mol. The van der Waals surface area contributed by atoms with Gasteiger partial charge >= 0.3 is 0 Å². The van der Waals surface area contributed by atoms with Crippen LogP contribution >= 0.6 is 0 Å². The third kappa shape index (κ3) is 8.45. The molecular weight excluding hydrogens is 502 g/mol. The Balaban J connectivity index is 0.000000658. The van der Waals surface area contributed by atoms with E-state index in [9.17, 15) is 16.8 Å². The summed E-state index contributed by atoms with van der Waals surface area (Å²) in [6, 6.07) is 12.9. The van der Waals surface area contributed by atoms with E-state index in [1.165, 1.54) is 41.4 Å². The van der Waals surface area contributed by atoms with Gasteiger partial charge in [0.1, 0.15) is 5.75 Å². The fourth-order valence-corrected chi connectivity index (χ4v) is 5.58. The molecule has 0 saturated carbocycles. The van der Waals surface area contributed by atoms with Crippen molar-refractivity contribution in [1.29, 1.82) is 0 Å². The van der Waals surface area contributed by atoms with Crippen LogP contribution in [0.5, 0.6) is 5.75 Å². The molecule has 11 heteroatoms. The van der Waals surface area contributed by atoms with Gasteiger partial charge in [-0.25, -0.2) is 8.42 Å². The first-order chi connectivity index (χ1) is 16.8. The third-order valence-corrected chi connectivity index (χ3v) is 6.99. The number of sulfonamides is 1. The molecule has 1 aliphatic carbocycles. The Kier molecular flexibility index (Phi) is 9.39. The number of methoxy groups -OCH3 is 1. The summed E-state index contributed by atoms with van der Waals surface area (Å²) in [5.41, 5.74) is 6.33. The molecule has 0 unspecified atom stereocenters. The van der Waals surface area contributed by atoms with Gasteiger partial charge in [0.05, 0.1) is 25.3 Å². The van der Waals surface area contributed by atoms with E-state index in [0.29, 0.717) is 18.7 Å². The molecule has 4 rings (SSSR count). The molecule has 2 aliphatic rings. The summed E-state index contributed by atoms with van der Waals surface area (Å²) in [5, 5.41) is 1.73. The van der Waals surface area contributed by atoms with E-state index in [1.807, 2.05) is 6.07 Å². The van der Waals surface area contributed by atoms with Gasteiger partial charge in [0, 0.05) is 19.6 Å². The fraction of sp³-hybridized carbons (Fsp3) is 0.520. The van der Waals surface area contributed by atoms with Crippen molar-refractivity contribution in [1.82, 2.24) is 9.73 Å². The lowest BCUT2D eigenvalue weighted by Crippen LogP contribution is -2.40. The van der Waals surface area contributed by atoms with E-state index in [1.54, 1.807) is 12.1 Å². The molecule has 2 N–H and O–H groups in total. The van der Waals surface area contributed by atoms with Gasteiger partial charge in [-0.05, 0) is 79.5 Å². The minimum absolute atomic E-state index is 0.555. The highest BCUT2D eigenvalue weighted by Crippen LogP contribution is 2.37. The number of hydrazine groups is 1. The van der Waals surface area contributed by atoms with Gasteiger partial charge in [-0.3, -0.25) is 9.56 Å². The summed E-state index contributed by atoms with van der Waals surface area (Å²) in [6.45, 7) is 2.73. The van der Waals surface area contributed by atoms with Crippen molar-refractivity contribution in [2.45, 2.75) is 38.0 Å². The predicted octanol–water partition coefficient (Wildman–Crippen LogP) is 2.62. The largest absolute Gasteiger partial charge is 0.496 e. The summed E-state index contributed by atoms with van der Waals surface area (Å²) >= 11 is 0. The Bertz CT molecular complexity index is 1260. The third-order valence-electron chi connectivity index (χ3n) is 6.44. The Morgan fingerprint density at radius 3 is 2.53 bits per heavy atom. The maximum atomic E-state index is 11.6. The molecule has 1 aliphatic heterocycles. The molecule has 9 nitrogen and oxygen atoms in total. The van der Waals surface area contributed by atoms with Gasteiger partial charge in [-0.1, -0.05) is 24.3 Å². The van der Waals surface area contributed by atoms with Gasteiger partial charge < -0.3 is 9.64 Å². The highest BCUT2D eigenvalue weighted by Gasteiger charge is 2.24. The van der Waals surface area contributed by atoms with Gasteiger partial charge in [0.15, 0.2) is 0 Å². The SMILES string of the molecule is COc1cccc2c1CCC[C@H]2CN(C)CCc1ccc2c(c1)CCN2NS(C)(=O)=O.CS(=O)(=O)O. The second-order valence-corrected chi connectivity index (χ2v) is 12.8. The number of fused-ring (bicyclic) bond motifs is 2. The number of likely N-dealkylation sites (N-methyl/N-ethyl adjacent to an activating group) is 1. The number of hydrogen-bond acceptors (Lipinski definition) is 7. The van der Waals surface area contributed by atoms with Crippen LogP contribution in [-0.4, -0.2) is 72.6 Å². The predicted molar refractivity (Wildman–Crippen MR) is 143 cm³/mol. The zero-order chi connectivity index (χ0) is 26.5. The molecule has 0 spiro atoms. The van der Waals surface area contributed by atoms with Crippen LogP contribution in [0.1, 0.15) is 41.0 Å². The van der Waals surface area contributed by atoms with Gasteiger partial charge in [0.2, 0.25) is 10.0 Å². The number of hydrogen-bond donors (Lipinski definition) is 2. The normalized spacial score (nSPS) is 17.3. The van der Waals surface area contributed by atoms with Crippen molar-refractivity contribution in [3.8, 4) is 5.75 Å². The summed E-state index contributed by atoms with van der Waals surface area (Å²) in [4.78, 5) is 5.03. The number of rotatable bonds is 8. The van der Waals surface area contributed by atoms with Crippen LogP contribution in [0.2, 0.25) is 0 Å². The molecule has 1 heterocycles. The van der Waals surface area contributed by atoms with Gasteiger partial charge in [-0.2, -0.15) is 8.42 Å². The summed E-state index contributed by atoms with van der Waals surface area (Å²) < 4.78 is 54.6. The fourth-order valence-electron chi connectivity index (χ4n) is 4.99. The zero-order valence-electron chi connectivity index (χ0n) is 21.4. The van der Waals surface area contributed by atoms with E-state index in [2.05, 4.69) is 47.1 Å². The molecule has 0 fully saturated rings. The van der Waals surface area contributed by atoms with Crippen LogP contribution in [0.4, 0.5) is 5.69 Å². The molecule has 36 heavy (non-hydrogen) atoms. The van der Waals surface area contributed by atoms with E-state index in [4.69, 9.17) is 9.29 Å². The topological polar surface area (TPSA) is 116 Å². The van der Waals surface area contributed by atoms with Crippen LogP contribution in [0, 0.1) is 0 Å². The second kappa shape index (κ2) is 11.9. The van der Waals surface area contributed by atoms with Crippen LogP contribution in [-0.2, 0) is 39.4 Å². The Labute approximate surface area is 215 Å². The van der Waals surface area contributed by atoms with Crippen LogP contribution in [0.3, 0.4) is 0 Å². The lowest BCUT2D eigenvalue weighted by Gasteiger charge is -2.30. The number of ether oxygens (including phenoxy) is 1. The van der Waals surface area contributed by atoms with Crippen molar-refractivity contribution in [3.05, 3.63) is 58.7 Å². The standard InChI is InChI=1S/C24H33N3O3S.CH4O3S/c1-26(17-20-6-4-8-22-21(20)7-5-9-24(22)30-2)14-12-18-10-11-23-19(16-18)13-15-27(23)25-31(3,28)29;1-5(2,3)4/h5,7,9-11,16,20,25H,4,6,8,12-15,17H2,1-3H3;1H3,(H,2,3,4)/t20-;/m0./s1. The molecule has 2 aromatic carbocycles. The molecule has 2 aromatic rings. The summed E-state index contributed by atoms with van der Waals surface area (Å²) in [7, 11) is -2.96. The first kappa shape index (κ1) is 28.4. The summed E-state index contributed by atoms with van der Waals surface area (Å²) in [6.07, 6.45) is 7.31. The maximum absolute atomic E-state index is 11.6. The Morgan fingerprint density at radius 2 is 1.86 bits per heavy atom. The molecule has 200 valence electrons. The molecule has 0 amide bonds. The lowest BCUT2D eigenvalue weighted by molar-refractivity contribution is 0.299. The van der Waals surface area contributed by atoms with Gasteiger partial charge in [0.25, 0.3) is 10.1 Å². The Hall–Kier alpha value is -2.18. The maximum Gasteiger partial charge on any atom is 0.261 e. The minimum atomic E-state index is -3.67. The lowest BCUT2D eigenvalue weighted by atomic mass is 9.82. The monoisotopic (exact) mass is 539 g/mol. The van der Waals surface area contributed by atoms with Crippen LogP contribution < -0.4 is 14.6 Å². The second-order valence-electron chi connectivity index (χ2n) is 9.59. The Morgan fingerprint density at radius 1 is 1.14 bits per heavy atom. The molecule has 1 atom stereocenters. The smallest absolute Gasteiger partial charge is 0.261 e. The molecule has 0 radical (unpaired) electrons. The first-order valence-electron chi connectivity index (χ1n) is 12.0. The first-order valence-corrected chi connectivity index (χ1v) is 15.7. The number of nitrogens with one attached hydrogen (secondary N) is 1. The zero-order valence-corrected chi connectivity index (χ0v) is 23.0. The van der Waals surface area contributed by atoms with Crippen molar-refractivity contribution in [2.75, 3.05) is 51.3 Å². The van der Waals surface area contributed by atoms with E-state index in [0.717, 1.165) is 43.8 Å². The molecule has 0 saturated heterocycles. The highest BCUT2D eigenvalue weighted by atomic mass is 32.2. The van der Waals surface area contributed by atoms with Crippen molar-refractivity contribution in [3.63, 3.8) is 0 Å². The summed E-state index contributed by atoms with van der Waals surface area (Å²) in [5.74, 6) is 1.59. The molecule has 0 bridgehead atoms. The van der Waals surface area contributed by atoms with Crippen molar-refractivity contribution < 1.29 is 26.1 Å². The average Bonchev–Trinajstić information content (AvgIpc) is 3.17.